The van der Waals surface area contributed by atoms with Crippen LogP contribution in [0.15, 0.2) is 42.0 Å². The number of aromatic nitrogens is 7. The van der Waals surface area contributed by atoms with Crippen molar-refractivity contribution in [1.29, 1.82) is 0 Å². The van der Waals surface area contributed by atoms with E-state index >= 15 is 0 Å². The van der Waals surface area contributed by atoms with Gasteiger partial charge in [0, 0.05) is 12.6 Å². The fourth-order valence-electron chi connectivity index (χ4n) is 4.79. The molecule has 2 fully saturated rings. The molecule has 0 radical (unpaired) electrons. The van der Waals surface area contributed by atoms with Crippen LogP contribution in [0.1, 0.15) is 31.7 Å². The van der Waals surface area contributed by atoms with Crippen LogP contribution in [0.2, 0.25) is 0 Å². The molecule has 1 unspecified atom stereocenters. The summed E-state index contributed by atoms with van der Waals surface area (Å²) in [6.45, 7) is -4.25. The van der Waals surface area contributed by atoms with Crippen LogP contribution in [0.25, 0.3) is 22.2 Å². The number of nitrogens with zero attached hydrogens (tertiary/aromatic N) is 6. The molecule has 42 heavy (non-hydrogen) atoms. The summed E-state index contributed by atoms with van der Waals surface area (Å²) in [6.07, 6.45) is 3.78. The van der Waals surface area contributed by atoms with E-state index in [0.717, 1.165) is 12.5 Å². The van der Waals surface area contributed by atoms with Gasteiger partial charge in [0.2, 0.25) is 0 Å². The van der Waals surface area contributed by atoms with Crippen LogP contribution in [0.5, 0.6) is 0 Å². The van der Waals surface area contributed by atoms with Gasteiger partial charge in [-0.2, -0.15) is 0 Å². The number of nitrogen functional groups attached to an aromatic ring is 1. The normalized spacial score (nSPS) is 25.6. The first-order chi connectivity index (χ1) is 20.1. The second kappa shape index (κ2) is 11.4. The highest BCUT2D eigenvalue weighted by Gasteiger charge is 2.40. The number of H-pyrrole nitrogens is 1. The van der Waals surface area contributed by atoms with Gasteiger partial charge in [-0.1, -0.05) is 12.2 Å². The fourth-order valence-corrected chi connectivity index (χ4v) is 6.48. The second-order valence-electron chi connectivity index (χ2n) is 9.26. The lowest BCUT2D eigenvalue weighted by atomic mass is 10.2. The zero-order valence-corrected chi connectivity index (χ0v) is 24.1. The standard InChI is InChI=1S/C21H23FN8O9P2S/c22-11-4-29(19-16(11)21(31)27-8-25-19)14-2-1-10(37-14)5-36-41(34,42)39-12-3-15(38-13(12)6-35-40(32)33)30-9-28-17-18(23)24-7-26-20(17)30/h4,6-10,12,14-15,40H,1-3,5H2,(H,32,33)(H,34,42)(H2,23,24,26)(H,25,27,31)/b13-6+/t10-,12-,14+,15+,41+/m0/s1. The van der Waals surface area contributed by atoms with Gasteiger partial charge >= 0.3 is 15.1 Å². The summed E-state index contributed by atoms with van der Waals surface area (Å²) in [5, 5.41) is -0.176. The molecule has 6 atom stereocenters. The topological polar surface area (TPSA) is 221 Å². The zero-order valence-electron chi connectivity index (χ0n) is 21.3. The molecule has 0 spiro atoms. The molecular weight excluding hydrogens is 621 g/mol. The van der Waals surface area contributed by atoms with Gasteiger partial charge in [-0.25, -0.2) is 33.5 Å². The number of aromatic amines is 1. The van der Waals surface area contributed by atoms with Crippen molar-refractivity contribution >= 4 is 55.3 Å². The number of nitrogens with one attached hydrogen (secondary N) is 1. The number of thiol groups is 1. The summed E-state index contributed by atoms with van der Waals surface area (Å²) >= 11 is 4.08. The van der Waals surface area contributed by atoms with Crippen molar-refractivity contribution in [2.45, 2.75) is 43.9 Å². The first kappa shape index (κ1) is 28.8. The highest BCUT2D eigenvalue weighted by Crippen LogP contribution is 2.57. The maximum Gasteiger partial charge on any atom is 0.386 e. The summed E-state index contributed by atoms with van der Waals surface area (Å²) < 4.78 is 69.3. The van der Waals surface area contributed by atoms with Gasteiger partial charge in [0.05, 0.1) is 19.0 Å². The van der Waals surface area contributed by atoms with Gasteiger partial charge in [0.1, 0.15) is 42.2 Å². The van der Waals surface area contributed by atoms with Crippen LogP contribution in [0.3, 0.4) is 0 Å². The SMILES string of the molecule is Nc1ncnc2c1ncn2[C@H]1C[C@H](O[P@](=O)(S)OC[C@@H]2CC[C@H](n3cc(F)c4c(=O)[nH]cnc43)O2)/C(=C\O[PH](=O)O)O1. The monoisotopic (exact) mass is 644 g/mol. The molecule has 2 aliphatic heterocycles. The van der Waals surface area contributed by atoms with E-state index in [4.69, 9.17) is 33.7 Å². The first-order valence-electron chi connectivity index (χ1n) is 12.3. The van der Waals surface area contributed by atoms with Crippen molar-refractivity contribution in [1.82, 2.24) is 34.1 Å². The Morgan fingerprint density at radius 1 is 1.26 bits per heavy atom. The predicted octanol–water partition coefficient (Wildman–Crippen LogP) is 2.56. The Morgan fingerprint density at radius 3 is 2.90 bits per heavy atom. The number of imidazole rings is 1. The van der Waals surface area contributed by atoms with Crippen LogP contribution in [-0.4, -0.2) is 57.8 Å². The molecule has 17 nitrogen and oxygen atoms in total. The van der Waals surface area contributed by atoms with E-state index in [2.05, 4.69) is 37.2 Å². The Balaban J connectivity index is 1.12. The smallest absolute Gasteiger partial charge is 0.386 e. The molecule has 0 bridgehead atoms. The van der Waals surface area contributed by atoms with Gasteiger partial charge in [0.15, 0.2) is 34.9 Å². The summed E-state index contributed by atoms with van der Waals surface area (Å²) in [5.74, 6) is -0.616. The number of rotatable bonds is 9. The molecule has 4 N–H and O–H groups in total. The highest BCUT2D eigenvalue weighted by molar-refractivity contribution is 8.44. The molecule has 6 rings (SSSR count). The Labute approximate surface area is 240 Å². The lowest BCUT2D eigenvalue weighted by Gasteiger charge is -2.20. The molecule has 0 aliphatic carbocycles. The van der Waals surface area contributed by atoms with Gasteiger partial charge in [0.25, 0.3) is 5.56 Å². The van der Waals surface area contributed by atoms with Gasteiger partial charge < -0.3 is 34.2 Å². The van der Waals surface area contributed by atoms with Crippen molar-refractivity contribution in [2.75, 3.05) is 12.3 Å². The number of anilines is 1. The van der Waals surface area contributed by atoms with Gasteiger partial charge in [-0.05, 0) is 12.8 Å². The van der Waals surface area contributed by atoms with E-state index in [-0.39, 0.29) is 35.6 Å². The minimum Gasteiger partial charge on any atom is -0.468 e. The van der Waals surface area contributed by atoms with E-state index < -0.39 is 51.1 Å². The summed E-state index contributed by atoms with van der Waals surface area (Å²) in [5.41, 5.74) is 6.08. The van der Waals surface area contributed by atoms with E-state index in [1.807, 2.05) is 0 Å². The number of halogens is 1. The molecule has 21 heteroatoms. The number of nitrogens with two attached hydrogens (primary N) is 1. The van der Waals surface area contributed by atoms with Crippen molar-refractivity contribution in [3.8, 4) is 0 Å². The minimum absolute atomic E-state index is 0.0460. The van der Waals surface area contributed by atoms with Crippen LogP contribution < -0.4 is 11.3 Å². The van der Waals surface area contributed by atoms with Crippen LogP contribution in [0, 0.1) is 5.82 Å². The maximum absolute atomic E-state index is 14.4. The lowest BCUT2D eigenvalue weighted by molar-refractivity contribution is -0.0181. The largest absolute Gasteiger partial charge is 0.468 e. The van der Waals surface area contributed by atoms with E-state index in [0.29, 0.717) is 24.0 Å². The van der Waals surface area contributed by atoms with Crippen LogP contribution in [0.4, 0.5) is 10.2 Å². The number of fused-ring (bicyclic) bond motifs is 2. The molecule has 2 saturated heterocycles. The summed E-state index contributed by atoms with van der Waals surface area (Å²) in [4.78, 5) is 39.7. The van der Waals surface area contributed by atoms with Crippen molar-refractivity contribution in [3.63, 3.8) is 0 Å². The Kier molecular flexibility index (Phi) is 7.82. The highest BCUT2D eigenvalue weighted by atomic mass is 32.7. The third-order valence-electron chi connectivity index (χ3n) is 6.63. The maximum atomic E-state index is 14.4. The second-order valence-corrected chi connectivity index (χ2v) is 12.9. The Hall–Kier alpha value is -3.31. The molecule has 4 aromatic rings. The van der Waals surface area contributed by atoms with Crippen LogP contribution in [-0.2, 0) is 32.2 Å². The lowest BCUT2D eigenvalue weighted by Crippen LogP contribution is -2.17. The fraction of sp³-hybridized carbons (Fsp3) is 0.381. The molecular formula is C21H23FN8O9P2S. The molecule has 0 saturated carbocycles. The Bertz CT molecular complexity index is 1820. The van der Waals surface area contributed by atoms with Gasteiger partial charge in [-0.15, -0.1) is 0 Å². The minimum atomic E-state index is -4.06. The van der Waals surface area contributed by atoms with E-state index in [1.165, 1.54) is 23.5 Å². The average molecular weight is 644 g/mol. The molecule has 224 valence electrons. The zero-order chi connectivity index (χ0) is 29.6. The average Bonchev–Trinajstić information content (AvgIpc) is 3.72. The number of hydrogen-bond acceptors (Lipinski definition) is 13. The van der Waals surface area contributed by atoms with Crippen molar-refractivity contribution in [2.24, 2.45) is 0 Å². The van der Waals surface area contributed by atoms with E-state index in [1.54, 1.807) is 4.57 Å². The molecule has 0 amide bonds. The number of hydrogen-bond donors (Lipinski definition) is 4. The third-order valence-corrected chi connectivity index (χ3v) is 8.57. The van der Waals surface area contributed by atoms with Crippen molar-refractivity contribution in [3.05, 3.63) is 53.4 Å². The summed E-state index contributed by atoms with van der Waals surface area (Å²) in [6, 6.07) is 0. The van der Waals surface area contributed by atoms with Crippen LogP contribution >= 0.6 is 27.3 Å². The molecule has 2 aliphatic rings. The molecule has 4 aromatic heterocycles. The molecule has 6 heterocycles. The first-order valence-corrected chi connectivity index (χ1v) is 16.3. The van der Waals surface area contributed by atoms with E-state index in [9.17, 15) is 18.3 Å². The summed E-state index contributed by atoms with van der Waals surface area (Å²) in [7, 11) is -3.36. The third kappa shape index (κ3) is 5.68. The number of ether oxygens (including phenoxy) is 2. The quantitative estimate of drug-likeness (QED) is 0.117. The van der Waals surface area contributed by atoms with Gasteiger partial charge in [-0.3, -0.25) is 18.4 Å². The van der Waals surface area contributed by atoms with Crippen molar-refractivity contribution < 1.29 is 41.5 Å². The molecule has 0 aromatic carbocycles. The Morgan fingerprint density at radius 2 is 2.10 bits per heavy atom. The predicted molar refractivity (Wildman–Crippen MR) is 146 cm³/mol.